The van der Waals surface area contributed by atoms with Crippen molar-refractivity contribution in [1.82, 2.24) is 19.8 Å². The molecular formula is C30H31N5O2. The average Bonchev–Trinajstić information content (AvgIpc) is 3.36. The van der Waals surface area contributed by atoms with E-state index in [9.17, 15) is 15.2 Å². The third kappa shape index (κ3) is 5.12. The summed E-state index contributed by atoms with van der Waals surface area (Å²) in [5, 5.41) is 23.6. The predicted molar refractivity (Wildman–Crippen MR) is 146 cm³/mol. The van der Waals surface area contributed by atoms with Crippen LogP contribution in [0.15, 0.2) is 59.7 Å². The average molecular weight is 494 g/mol. The number of hydrogen-bond donors (Lipinski definition) is 2. The molecule has 5 rings (SSSR count). The molecule has 0 amide bonds. The summed E-state index contributed by atoms with van der Waals surface area (Å²) in [4.78, 5) is 21.0. The van der Waals surface area contributed by atoms with Crippen molar-refractivity contribution in [2.24, 2.45) is 0 Å². The first-order valence-electron chi connectivity index (χ1n) is 12.6. The van der Waals surface area contributed by atoms with E-state index >= 15 is 0 Å². The number of hydrogen-bond acceptors (Lipinski definition) is 6. The molecule has 1 saturated heterocycles. The second kappa shape index (κ2) is 10.2. The Balaban J connectivity index is 1.71. The maximum atomic E-state index is 14.0. The summed E-state index contributed by atoms with van der Waals surface area (Å²) in [5.41, 5.74) is 6.32. The van der Waals surface area contributed by atoms with Gasteiger partial charge in [-0.05, 0) is 69.6 Å². The van der Waals surface area contributed by atoms with Gasteiger partial charge in [0.15, 0.2) is 0 Å². The van der Waals surface area contributed by atoms with Crippen LogP contribution in [-0.4, -0.2) is 45.7 Å². The molecule has 7 nitrogen and oxygen atoms in total. The van der Waals surface area contributed by atoms with Gasteiger partial charge in [-0.2, -0.15) is 5.26 Å². The zero-order chi connectivity index (χ0) is 26.1. The van der Waals surface area contributed by atoms with Gasteiger partial charge < -0.3 is 15.3 Å². The molecule has 3 heterocycles. The van der Waals surface area contributed by atoms with Gasteiger partial charge in [0, 0.05) is 43.2 Å². The summed E-state index contributed by atoms with van der Waals surface area (Å²) in [6, 6.07) is 15.2. The number of pyridine rings is 2. The van der Waals surface area contributed by atoms with Crippen LogP contribution in [0.5, 0.6) is 5.75 Å². The highest BCUT2D eigenvalue weighted by atomic mass is 16.3. The number of benzene rings is 2. The van der Waals surface area contributed by atoms with Crippen LogP contribution in [0.2, 0.25) is 0 Å². The van der Waals surface area contributed by atoms with Gasteiger partial charge in [0.25, 0.3) is 5.56 Å². The lowest BCUT2D eigenvalue weighted by Gasteiger charge is -2.23. The van der Waals surface area contributed by atoms with Gasteiger partial charge in [-0.1, -0.05) is 29.3 Å². The van der Waals surface area contributed by atoms with Crippen LogP contribution in [-0.2, 0) is 6.54 Å². The molecule has 0 saturated carbocycles. The second-order valence-corrected chi connectivity index (χ2v) is 10.1. The van der Waals surface area contributed by atoms with Gasteiger partial charge in [0.1, 0.15) is 5.75 Å². The van der Waals surface area contributed by atoms with E-state index in [4.69, 9.17) is 0 Å². The lowest BCUT2D eigenvalue weighted by atomic mass is 9.95. The molecule has 37 heavy (non-hydrogen) atoms. The number of aromatic hydroxyl groups is 1. The lowest BCUT2D eigenvalue weighted by molar-refractivity contribution is 0.294. The molecule has 0 bridgehead atoms. The SMILES string of the molecule is Cc1cc(C)cc(-c2cnc3ccn(-c4cc(O)cc(C#N)c4)c(=O)c3c2CN(C)C[C@@H]2CCCN2)c1. The molecule has 0 radical (unpaired) electrons. The van der Waals surface area contributed by atoms with Crippen molar-refractivity contribution in [3.63, 3.8) is 0 Å². The molecule has 1 aliphatic heterocycles. The van der Waals surface area contributed by atoms with E-state index in [1.807, 2.05) is 18.3 Å². The number of fused-ring (bicyclic) bond motifs is 1. The number of rotatable bonds is 6. The van der Waals surface area contributed by atoms with Gasteiger partial charge in [0.2, 0.25) is 0 Å². The molecule has 188 valence electrons. The van der Waals surface area contributed by atoms with E-state index in [2.05, 4.69) is 54.3 Å². The third-order valence-corrected chi connectivity index (χ3v) is 6.99. The number of nitrogens with one attached hydrogen (secondary N) is 1. The van der Waals surface area contributed by atoms with E-state index in [1.54, 1.807) is 12.3 Å². The van der Waals surface area contributed by atoms with Gasteiger partial charge in [-0.15, -0.1) is 0 Å². The summed E-state index contributed by atoms with van der Waals surface area (Å²) in [5.74, 6) is -0.0628. The summed E-state index contributed by atoms with van der Waals surface area (Å²) < 4.78 is 1.48. The van der Waals surface area contributed by atoms with Gasteiger partial charge in [0.05, 0.1) is 28.2 Å². The number of nitriles is 1. The normalized spacial score (nSPS) is 15.4. The molecule has 0 spiro atoms. The highest BCUT2D eigenvalue weighted by Crippen LogP contribution is 2.30. The van der Waals surface area contributed by atoms with Crippen molar-refractivity contribution < 1.29 is 5.11 Å². The fraction of sp³-hybridized carbons (Fsp3) is 0.300. The van der Waals surface area contributed by atoms with Crippen LogP contribution >= 0.6 is 0 Å². The fourth-order valence-corrected chi connectivity index (χ4v) is 5.43. The van der Waals surface area contributed by atoms with Crippen molar-refractivity contribution in [1.29, 1.82) is 5.26 Å². The summed E-state index contributed by atoms with van der Waals surface area (Å²) in [6.45, 7) is 6.66. The van der Waals surface area contributed by atoms with E-state index in [1.165, 1.54) is 23.1 Å². The Kier molecular flexibility index (Phi) is 6.79. The second-order valence-electron chi connectivity index (χ2n) is 10.1. The lowest BCUT2D eigenvalue weighted by Crippen LogP contribution is -2.35. The molecular weight excluding hydrogens is 462 g/mol. The molecule has 2 N–H and O–H groups in total. The van der Waals surface area contributed by atoms with Crippen LogP contribution in [0.4, 0.5) is 0 Å². The molecule has 2 aromatic carbocycles. The molecule has 1 fully saturated rings. The van der Waals surface area contributed by atoms with E-state index in [-0.39, 0.29) is 16.9 Å². The Labute approximate surface area is 216 Å². The largest absolute Gasteiger partial charge is 0.508 e. The van der Waals surface area contributed by atoms with E-state index < -0.39 is 0 Å². The predicted octanol–water partition coefficient (Wildman–Crippen LogP) is 4.43. The molecule has 1 aliphatic rings. The maximum Gasteiger partial charge on any atom is 0.264 e. The highest BCUT2D eigenvalue weighted by Gasteiger charge is 2.21. The first-order valence-corrected chi connectivity index (χ1v) is 12.6. The van der Waals surface area contributed by atoms with Crippen molar-refractivity contribution in [2.45, 2.75) is 39.3 Å². The Bertz CT molecular complexity index is 1560. The van der Waals surface area contributed by atoms with Crippen LogP contribution in [0.1, 0.15) is 35.1 Å². The zero-order valence-electron chi connectivity index (χ0n) is 21.5. The Morgan fingerprint density at radius 1 is 1.19 bits per heavy atom. The Morgan fingerprint density at radius 3 is 2.68 bits per heavy atom. The summed E-state index contributed by atoms with van der Waals surface area (Å²) in [6.07, 6.45) is 5.86. The van der Waals surface area contributed by atoms with Crippen molar-refractivity contribution >= 4 is 10.9 Å². The number of aryl methyl sites for hydroxylation is 2. The number of likely N-dealkylation sites (N-methyl/N-ethyl adjacent to an activating group) is 1. The molecule has 7 heteroatoms. The Morgan fingerprint density at radius 2 is 1.97 bits per heavy atom. The van der Waals surface area contributed by atoms with Crippen molar-refractivity contribution in [3.05, 3.63) is 87.5 Å². The van der Waals surface area contributed by atoms with Gasteiger partial charge in [-0.25, -0.2) is 0 Å². The molecule has 2 aromatic heterocycles. The third-order valence-electron chi connectivity index (χ3n) is 6.99. The number of nitrogens with zero attached hydrogens (tertiary/aromatic N) is 4. The first-order chi connectivity index (χ1) is 17.8. The topological polar surface area (TPSA) is 94.2 Å². The highest BCUT2D eigenvalue weighted by molar-refractivity contribution is 5.88. The van der Waals surface area contributed by atoms with Crippen molar-refractivity contribution in [3.8, 4) is 28.6 Å². The standard InChI is InChI=1S/C30H31N5O2/c1-19-9-20(2)11-22(10-19)26-16-33-28-6-8-35(24-12-21(15-31)13-25(36)14-24)30(37)29(28)27(26)18-34(3)17-23-5-4-7-32-23/h6,8-14,16,23,32,36H,4-5,7,17-18H2,1-3H3/t23-/m0/s1. The zero-order valence-corrected chi connectivity index (χ0v) is 21.5. The monoisotopic (exact) mass is 493 g/mol. The first kappa shape index (κ1) is 24.7. The summed E-state index contributed by atoms with van der Waals surface area (Å²) >= 11 is 0. The number of phenolic OH excluding ortho intramolecular Hbond substituents is 1. The minimum Gasteiger partial charge on any atom is -0.508 e. The fourth-order valence-electron chi connectivity index (χ4n) is 5.43. The minimum absolute atomic E-state index is 0.0628. The van der Waals surface area contributed by atoms with Crippen molar-refractivity contribution in [2.75, 3.05) is 20.1 Å². The molecule has 4 aromatic rings. The quantitative estimate of drug-likeness (QED) is 0.413. The van der Waals surface area contributed by atoms with E-state index in [0.717, 1.165) is 47.3 Å². The molecule has 1 atom stereocenters. The maximum absolute atomic E-state index is 14.0. The van der Waals surface area contributed by atoms with E-state index in [0.29, 0.717) is 29.2 Å². The molecule has 0 aliphatic carbocycles. The van der Waals surface area contributed by atoms with Crippen LogP contribution in [0.3, 0.4) is 0 Å². The van der Waals surface area contributed by atoms with Crippen LogP contribution in [0.25, 0.3) is 27.7 Å². The summed E-state index contributed by atoms with van der Waals surface area (Å²) in [7, 11) is 2.09. The smallest absolute Gasteiger partial charge is 0.264 e. The number of phenols is 1. The molecule has 0 unspecified atom stereocenters. The van der Waals surface area contributed by atoms with Crippen LogP contribution in [0, 0.1) is 25.2 Å². The minimum atomic E-state index is -0.229. The number of aromatic nitrogens is 2. The van der Waals surface area contributed by atoms with Gasteiger partial charge in [-0.3, -0.25) is 14.3 Å². The van der Waals surface area contributed by atoms with Crippen LogP contribution < -0.4 is 10.9 Å². The Hall–Kier alpha value is -3.99. The van der Waals surface area contributed by atoms with Gasteiger partial charge >= 0.3 is 0 Å².